The summed E-state index contributed by atoms with van der Waals surface area (Å²) in [4.78, 5) is 18.0. The summed E-state index contributed by atoms with van der Waals surface area (Å²) >= 11 is 0. The van der Waals surface area contributed by atoms with Crippen LogP contribution in [0.5, 0.6) is 5.75 Å². The van der Waals surface area contributed by atoms with E-state index in [2.05, 4.69) is 15.6 Å². The van der Waals surface area contributed by atoms with E-state index in [1.165, 1.54) is 0 Å². The number of amides is 1. The molecule has 1 fully saturated rings. The first kappa shape index (κ1) is 24.5. The number of carbonyl (C=O) groups is 1. The highest BCUT2D eigenvalue weighted by atomic mass is 127. The van der Waals surface area contributed by atoms with Gasteiger partial charge in [-0.2, -0.15) is 13.2 Å². The van der Waals surface area contributed by atoms with Gasteiger partial charge in [0.1, 0.15) is 5.75 Å². The normalized spacial score (nSPS) is 21.9. The number of guanidine groups is 1. The smallest absolute Gasteiger partial charge is 0.391 e. The molecule has 0 bridgehead atoms. The molecule has 2 aliphatic rings. The van der Waals surface area contributed by atoms with Gasteiger partial charge in [-0.05, 0) is 44.2 Å². The minimum absolute atomic E-state index is 0. The number of anilines is 1. The van der Waals surface area contributed by atoms with Gasteiger partial charge >= 0.3 is 6.18 Å². The van der Waals surface area contributed by atoms with Crippen LogP contribution in [0.25, 0.3) is 0 Å². The first-order valence-electron chi connectivity index (χ1n) is 9.94. The Morgan fingerprint density at radius 3 is 2.60 bits per heavy atom. The summed E-state index contributed by atoms with van der Waals surface area (Å²) in [5.74, 6) is 0.0123. The van der Waals surface area contributed by atoms with Crippen LogP contribution in [0.4, 0.5) is 18.9 Å². The van der Waals surface area contributed by atoms with Crippen molar-refractivity contribution in [3.05, 3.63) is 24.3 Å². The molecular weight excluding hydrogens is 512 g/mol. The van der Waals surface area contributed by atoms with Crippen molar-refractivity contribution in [3.8, 4) is 5.75 Å². The Hall–Kier alpha value is -1.72. The average molecular weight is 540 g/mol. The summed E-state index contributed by atoms with van der Waals surface area (Å²) in [5, 5.41) is 6.40. The zero-order valence-electron chi connectivity index (χ0n) is 16.9. The van der Waals surface area contributed by atoms with E-state index >= 15 is 0 Å². The molecule has 0 spiro atoms. The molecule has 3 rings (SSSR count). The monoisotopic (exact) mass is 540 g/mol. The van der Waals surface area contributed by atoms with E-state index in [0.717, 1.165) is 5.69 Å². The first-order valence-corrected chi connectivity index (χ1v) is 9.94. The average Bonchev–Trinajstić information content (AvgIpc) is 2.71. The van der Waals surface area contributed by atoms with E-state index in [9.17, 15) is 18.0 Å². The Morgan fingerprint density at radius 2 is 1.93 bits per heavy atom. The molecule has 1 saturated carbocycles. The van der Waals surface area contributed by atoms with Crippen LogP contribution in [0.3, 0.4) is 0 Å². The lowest BCUT2D eigenvalue weighted by Crippen LogP contribution is -2.46. The largest absolute Gasteiger partial charge is 0.482 e. The highest BCUT2D eigenvalue weighted by molar-refractivity contribution is 14.0. The summed E-state index contributed by atoms with van der Waals surface area (Å²) in [6, 6.07) is 7.43. The maximum atomic E-state index is 12.8. The lowest BCUT2D eigenvalue weighted by atomic mass is 9.85. The molecule has 1 aromatic carbocycles. The number of para-hydroxylation sites is 2. The molecule has 30 heavy (non-hydrogen) atoms. The van der Waals surface area contributed by atoms with Crippen LogP contribution in [-0.4, -0.2) is 50.8 Å². The summed E-state index contributed by atoms with van der Waals surface area (Å²) < 4.78 is 43.8. The summed E-state index contributed by atoms with van der Waals surface area (Å²) in [6.45, 7) is 1.17. The molecule has 1 aliphatic carbocycles. The lowest BCUT2D eigenvalue weighted by molar-refractivity contribution is -0.182. The van der Waals surface area contributed by atoms with Gasteiger partial charge in [0.15, 0.2) is 12.6 Å². The number of carbonyl (C=O) groups excluding carboxylic acids is 1. The molecule has 1 aromatic rings. The van der Waals surface area contributed by atoms with Gasteiger partial charge < -0.3 is 20.3 Å². The highest BCUT2D eigenvalue weighted by Gasteiger charge is 2.41. The quantitative estimate of drug-likeness (QED) is 0.259. The van der Waals surface area contributed by atoms with Crippen LogP contribution in [-0.2, 0) is 4.79 Å². The number of nitrogens with zero attached hydrogens (tertiary/aromatic N) is 2. The predicted octanol–water partition coefficient (Wildman–Crippen LogP) is 3.71. The molecule has 1 aliphatic heterocycles. The summed E-state index contributed by atoms with van der Waals surface area (Å²) in [7, 11) is 1.64. The predicted molar refractivity (Wildman–Crippen MR) is 121 cm³/mol. The highest BCUT2D eigenvalue weighted by Crippen LogP contribution is 2.37. The van der Waals surface area contributed by atoms with E-state index in [0.29, 0.717) is 44.1 Å². The zero-order valence-corrected chi connectivity index (χ0v) is 19.2. The van der Waals surface area contributed by atoms with E-state index in [1.54, 1.807) is 11.9 Å². The maximum Gasteiger partial charge on any atom is 0.391 e. The number of alkyl halides is 3. The molecule has 6 nitrogen and oxygen atoms in total. The number of ether oxygens (including phenoxy) is 1. The van der Waals surface area contributed by atoms with Crippen molar-refractivity contribution in [2.45, 2.75) is 44.3 Å². The molecule has 1 heterocycles. The van der Waals surface area contributed by atoms with E-state index < -0.39 is 12.1 Å². The van der Waals surface area contributed by atoms with Gasteiger partial charge in [0, 0.05) is 26.2 Å². The van der Waals surface area contributed by atoms with Crippen LogP contribution < -0.4 is 20.3 Å². The maximum absolute atomic E-state index is 12.8. The Balaban J connectivity index is 0.00000320. The second-order valence-electron chi connectivity index (χ2n) is 7.39. The minimum Gasteiger partial charge on any atom is -0.482 e. The van der Waals surface area contributed by atoms with E-state index in [-0.39, 0.29) is 55.4 Å². The molecule has 0 aromatic heterocycles. The third kappa shape index (κ3) is 6.39. The number of rotatable bonds is 5. The molecule has 0 radical (unpaired) electrons. The second-order valence-corrected chi connectivity index (χ2v) is 7.39. The van der Waals surface area contributed by atoms with Gasteiger partial charge in [0.05, 0.1) is 11.6 Å². The van der Waals surface area contributed by atoms with Gasteiger partial charge in [0.25, 0.3) is 5.91 Å². The number of hydrogen-bond donors (Lipinski definition) is 2. The van der Waals surface area contributed by atoms with E-state index in [4.69, 9.17) is 4.74 Å². The molecule has 10 heteroatoms. The van der Waals surface area contributed by atoms with Crippen molar-refractivity contribution in [1.29, 1.82) is 0 Å². The van der Waals surface area contributed by atoms with Gasteiger partial charge in [-0.3, -0.25) is 9.79 Å². The van der Waals surface area contributed by atoms with Crippen LogP contribution in [0.2, 0.25) is 0 Å². The minimum atomic E-state index is -4.10. The lowest BCUT2D eigenvalue weighted by Gasteiger charge is -2.31. The number of hydrogen-bond acceptors (Lipinski definition) is 3. The second kappa shape index (κ2) is 11.1. The third-order valence-corrected chi connectivity index (χ3v) is 5.41. The van der Waals surface area contributed by atoms with Crippen LogP contribution in [0, 0.1) is 5.92 Å². The van der Waals surface area contributed by atoms with Crippen molar-refractivity contribution in [3.63, 3.8) is 0 Å². The van der Waals surface area contributed by atoms with Crippen molar-refractivity contribution < 1.29 is 22.7 Å². The standard InChI is InChI=1S/C20H27F3N4O2.HI/c1-24-19(26-15-9-7-14(8-10-15)20(21,22)23)25-11-4-12-27-16-5-2-3-6-17(16)29-13-18(27)28;/h2-3,5-6,14-15H,4,7-13H2,1H3,(H2,24,25,26);1H. The molecular formula is C20H28F3IN4O2. The first-order chi connectivity index (χ1) is 13.9. The summed E-state index contributed by atoms with van der Waals surface area (Å²) in [5.41, 5.74) is 0.771. The fourth-order valence-corrected chi connectivity index (χ4v) is 3.80. The van der Waals surface area contributed by atoms with Gasteiger partial charge in [-0.1, -0.05) is 12.1 Å². The Kier molecular flexibility index (Phi) is 9.05. The zero-order chi connectivity index (χ0) is 20.9. The Labute approximate surface area is 191 Å². The van der Waals surface area contributed by atoms with Crippen molar-refractivity contribution in [2.24, 2.45) is 10.9 Å². The number of fused-ring (bicyclic) bond motifs is 1. The number of aliphatic imine (C=N–C) groups is 1. The molecule has 0 unspecified atom stereocenters. The topological polar surface area (TPSA) is 66.0 Å². The Morgan fingerprint density at radius 1 is 1.23 bits per heavy atom. The van der Waals surface area contributed by atoms with Crippen LogP contribution >= 0.6 is 24.0 Å². The van der Waals surface area contributed by atoms with Crippen LogP contribution in [0.15, 0.2) is 29.3 Å². The van der Waals surface area contributed by atoms with Crippen molar-refractivity contribution in [1.82, 2.24) is 10.6 Å². The number of halogens is 4. The fourth-order valence-electron chi connectivity index (χ4n) is 3.80. The van der Waals surface area contributed by atoms with Crippen molar-refractivity contribution in [2.75, 3.05) is 31.6 Å². The molecule has 0 atom stereocenters. The Bertz CT molecular complexity index is 737. The number of nitrogens with one attached hydrogen (secondary N) is 2. The van der Waals surface area contributed by atoms with Crippen molar-refractivity contribution >= 4 is 41.5 Å². The van der Waals surface area contributed by atoms with E-state index in [1.807, 2.05) is 24.3 Å². The number of benzene rings is 1. The fraction of sp³-hybridized carbons (Fsp3) is 0.600. The third-order valence-electron chi connectivity index (χ3n) is 5.41. The van der Waals surface area contributed by atoms with Gasteiger partial charge in [-0.15, -0.1) is 24.0 Å². The SMILES string of the molecule is CN=C(NCCCN1C(=O)COc2ccccc21)NC1CCC(C(F)(F)F)CC1.I. The molecule has 2 N–H and O–H groups in total. The van der Waals surface area contributed by atoms with Crippen LogP contribution in [0.1, 0.15) is 32.1 Å². The molecule has 0 saturated heterocycles. The molecule has 1 amide bonds. The summed E-state index contributed by atoms with van der Waals surface area (Å²) in [6.07, 6.45) is -2.15. The van der Waals surface area contributed by atoms with Gasteiger partial charge in [0.2, 0.25) is 0 Å². The molecule has 168 valence electrons. The van der Waals surface area contributed by atoms with Gasteiger partial charge in [-0.25, -0.2) is 0 Å².